The van der Waals surface area contributed by atoms with Gasteiger partial charge in [-0.15, -0.1) is 0 Å². The van der Waals surface area contributed by atoms with Gasteiger partial charge >= 0.3 is 12.1 Å². The Labute approximate surface area is 267 Å². The molecule has 1 N–H and O–H groups in total. The number of alkyl halides is 3. The largest absolute Gasteiger partial charge is 0.465 e. The predicted octanol–water partition coefficient (Wildman–Crippen LogP) is 8.67. The van der Waals surface area contributed by atoms with Crippen LogP contribution in [0.25, 0.3) is 0 Å². The first kappa shape index (κ1) is 38.1. The standard InChI is InChI=1S/C30H31F4N3O5.2C2H6/c1-17(2)37(28(39)18-8-5-4-6-9-18)24-14-23(31)25(13-21(24)29(40)41-3)42-27-22(30(32,33)34)12-20(16-36-27)26(38)19-10-7-11-35-15-19;2*1-2/h7,10-18,26,38H,4-6,8-9H2,1-3H3;2*1-2H3. The number of amides is 1. The van der Waals surface area contributed by atoms with Crippen LogP contribution in [0, 0.1) is 11.7 Å². The van der Waals surface area contributed by atoms with Crippen LogP contribution in [0.3, 0.4) is 0 Å². The average Bonchev–Trinajstić information content (AvgIpc) is 3.07. The van der Waals surface area contributed by atoms with Gasteiger partial charge in [-0.25, -0.2) is 14.2 Å². The van der Waals surface area contributed by atoms with Crippen molar-refractivity contribution in [3.8, 4) is 11.6 Å². The van der Waals surface area contributed by atoms with Gasteiger partial charge in [0, 0.05) is 53.8 Å². The van der Waals surface area contributed by atoms with E-state index in [9.17, 15) is 27.9 Å². The summed E-state index contributed by atoms with van der Waals surface area (Å²) in [7, 11) is 1.09. The molecular weight excluding hydrogens is 606 g/mol. The number of esters is 1. The van der Waals surface area contributed by atoms with Crippen molar-refractivity contribution in [2.24, 2.45) is 5.92 Å². The van der Waals surface area contributed by atoms with Crippen LogP contribution in [0.1, 0.15) is 107 Å². The molecule has 0 bridgehead atoms. The zero-order valence-corrected chi connectivity index (χ0v) is 27.3. The molecule has 0 spiro atoms. The maximum atomic E-state index is 15.5. The molecule has 0 radical (unpaired) electrons. The fourth-order valence-electron chi connectivity index (χ4n) is 5.03. The number of aliphatic hydroxyl groups excluding tert-OH is 1. The number of hydrogen-bond acceptors (Lipinski definition) is 7. The van der Waals surface area contributed by atoms with E-state index in [4.69, 9.17) is 9.47 Å². The first-order chi connectivity index (χ1) is 21.9. The molecule has 8 nitrogen and oxygen atoms in total. The SMILES string of the molecule is CC.CC.COC(=O)c1cc(Oc2ncc(C(O)c3cccnc3)cc2C(F)(F)F)c(F)cc1N(C(=O)C1CCCCC1)C(C)C. The van der Waals surface area contributed by atoms with E-state index in [0.29, 0.717) is 18.9 Å². The van der Waals surface area contributed by atoms with Crippen LogP contribution in [-0.4, -0.2) is 40.1 Å². The number of nitrogens with zero attached hydrogens (tertiary/aromatic N) is 3. The number of ether oxygens (including phenoxy) is 2. The predicted molar refractivity (Wildman–Crippen MR) is 167 cm³/mol. The Hall–Kier alpha value is -4.06. The molecule has 1 saturated carbocycles. The van der Waals surface area contributed by atoms with Gasteiger partial charge in [0.25, 0.3) is 0 Å². The van der Waals surface area contributed by atoms with Gasteiger partial charge in [0.1, 0.15) is 11.7 Å². The van der Waals surface area contributed by atoms with Gasteiger partial charge in [-0.05, 0) is 38.8 Å². The van der Waals surface area contributed by atoms with E-state index in [1.807, 2.05) is 27.7 Å². The van der Waals surface area contributed by atoms with Crippen molar-refractivity contribution in [2.45, 2.75) is 92.0 Å². The number of methoxy groups -OCH3 is 1. The Morgan fingerprint density at radius 1 is 1.00 bits per heavy atom. The minimum atomic E-state index is -4.99. The van der Waals surface area contributed by atoms with Crippen molar-refractivity contribution in [3.05, 3.63) is 77.0 Å². The minimum absolute atomic E-state index is 0.0729. The molecule has 4 rings (SSSR count). The summed E-state index contributed by atoms with van der Waals surface area (Å²) in [6.07, 6.45) is 1.35. The van der Waals surface area contributed by atoms with Crippen LogP contribution in [0.2, 0.25) is 0 Å². The number of hydrogen-bond donors (Lipinski definition) is 1. The van der Waals surface area contributed by atoms with Crippen LogP contribution in [0.4, 0.5) is 23.2 Å². The lowest BCUT2D eigenvalue weighted by atomic mass is 9.87. The van der Waals surface area contributed by atoms with Crippen LogP contribution in [0.15, 0.2) is 48.9 Å². The lowest BCUT2D eigenvalue weighted by molar-refractivity contribution is -0.139. The van der Waals surface area contributed by atoms with E-state index in [1.165, 1.54) is 29.4 Å². The highest BCUT2D eigenvalue weighted by Gasteiger charge is 2.37. The highest BCUT2D eigenvalue weighted by molar-refractivity contribution is 6.04. The Morgan fingerprint density at radius 3 is 2.20 bits per heavy atom. The summed E-state index contributed by atoms with van der Waals surface area (Å²) in [5.41, 5.74) is -1.66. The zero-order chi connectivity index (χ0) is 34.6. The number of halogens is 4. The zero-order valence-electron chi connectivity index (χ0n) is 27.3. The van der Waals surface area contributed by atoms with Crippen molar-refractivity contribution in [1.29, 1.82) is 0 Å². The molecule has 3 aromatic rings. The summed E-state index contributed by atoms with van der Waals surface area (Å²) in [5, 5.41) is 10.6. The molecule has 1 aliphatic rings. The highest BCUT2D eigenvalue weighted by Crippen LogP contribution is 2.41. The number of aromatic nitrogens is 2. The number of anilines is 1. The average molecular weight is 650 g/mol. The van der Waals surface area contributed by atoms with Gasteiger partial charge in [-0.2, -0.15) is 13.2 Å². The Morgan fingerprint density at radius 2 is 1.65 bits per heavy atom. The van der Waals surface area contributed by atoms with Crippen molar-refractivity contribution in [3.63, 3.8) is 0 Å². The van der Waals surface area contributed by atoms with Crippen LogP contribution < -0.4 is 9.64 Å². The molecule has 1 aromatic carbocycles. The molecule has 252 valence electrons. The molecule has 12 heteroatoms. The third kappa shape index (κ3) is 9.24. The lowest BCUT2D eigenvalue weighted by Gasteiger charge is -2.33. The van der Waals surface area contributed by atoms with E-state index in [1.54, 1.807) is 13.8 Å². The molecule has 2 aromatic heterocycles. The van der Waals surface area contributed by atoms with Gasteiger partial charge in [0.05, 0.1) is 18.4 Å². The third-order valence-corrected chi connectivity index (χ3v) is 7.12. The van der Waals surface area contributed by atoms with Crippen molar-refractivity contribution in [1.82, 2.24) is 9.97 Å². The quantitative estimate of drug-likeness (QED) is 0.192. The van der Waals surface area contributed by atoms with Gasteiger partial charge < -0.3 is 19.5 Å². The molecule has 1 amide bonds. The third-order valence-electron chi connectivity index (χ3n) is 7.12. The number of aliphatic hydroxyl groups is 1. The molecule has 46 heavy (non-hydrogen) atoms. The van der Waals surface area contributed by atoms with E-state index in [0.717, 1.165) is 44.7 Å². The second-order valence-corrected chi connectivity index (χ2v) is 10.3. The first-order valence-corrected chi connectivity index (χ1v) is 15.5. The minimum Gasteiger partial charge on any atom is -0.465 e. The lowest BCUT2D eigenvalue weighted by Crippen LogP contribution is -2.42. The smallest absolute Gasteiger partial charge is 0.421 e. The maximum absolute atomic E-state index is 15.5. The summed E-state index contributed by atoms with van der Waals surface area (Å²) in [5.74, 6) is -4.35. The second kappa shape index (κ2) is 17.6. The first-order valence-electron chi connectivity index (χ1n) is 15.5. The summed E-state index contributed by atoms with van der Waals surface area (Å²) in [6, 6.07) is 4.97. The number of benzene rings is 1. The van der Waals surface area contributed by atoms with Crippen molar-refractivity contribution >= 4 is 17.6 Å². The van der Waals surface area contributed by atoms with Gasteiger partial charge in [-0.1, -0.05) is 53.0 Å². The summed E-state index contributed by atoms with van der Waals surface area (Å²) in [4.78, 5) is 35.2. The Balaban J connectivity index is 0.00000177. The molecular formula is C34H43F4N3O5. The normalized spacial score (nSPS) is 13.8. The molecule has 2 heterocycles. The molecule has 1 fully saturated rings. The summed E-state index contributed by atoms with van der Waals surface area (Å²) in [6.45, 7) is 11.4. The van der Waals surface area contributed by atoms with E-state index in [-0.39, 0.29) is 34.2 Å². The van der Waals surface area contributed by atoms with Gasteiger partial charge in [0.2, 0.25) is 11.8 Å². The number of carbonyl (C=O) groups is 2. The number of pyridine rings is 2. The molecule has 0 saturated heterocycles. The number of rotatable bonds is 8. The van der Waals surface area contributed by atoms with E-state index >= 15 is 4.39 Å². The van der Waals surface area contributed by atoms with Crippen LogP contribution >= 0.6 is 0 Å². The Kier molecular flexibility index (Phi) is 14.6. The maximum Gasteiger partial charge on any atom is 0.421 e. The Bertz CT molecular complexity index is 1430. The van der Waals surface area contributed by atoms with Crippen molar-refractivity contribution < 1.29 is 41.7 Å². The highest BCUT2D eigenvalue weighted by atomic mass is 19.4. The molecule has 1 unspecified atom stereocenters. The number of carbonyl (C=O) groups excluding carboxylic acids is 2. The van der Waals surface area contributed by atoms with E-state index in [2.05, 4.69) is 9.97 Å². The molecule has 1 aliphatic carbocycles. The topological polar surface area (TPSA) is 102 Å². The summed E-state index contributed by atoms with van der Waals surface area (Å²) >= 11 is 0. The van der Waals surface area contributed by atoms with Crippen LogP contribution in [0.5, 0.6) is 11.6 Å². The van der Waals surface area contributed by atoms with Gasteiger partial charge in [0.15, 0.2) is 11.6 Å². The van der Waals surface area contributed by atoms with Gasteiger partial charge in [-0.3, -0.25) is 9.78 Å². The fourth-order valence-corrected chi connectivity index (χ4v) is 5.03. The monoisotopic (exact) mass is 649 g/mol. The molecule has 0 aliphatic heterocycles. The van der Waals surface area contributed by atoms with Crippen molar-refractivity contribution in [2.75, 3.05) is 12.0 Å². The summed E-state index contributed by atoms with van der Waals surface area (Å²) < 4.78 is 67.8. The second-order valence-electron chi connectivity index (χ2n) is 10.3. The van der Waals surface area contributed by atoms with E-state index < -0.39 is 47.3 Å². The molecule has 1 atom stereocenters. The fraction of sp³-hybridized carbons (Fsp3) is 0.471. The van der Waals surface area contributed by atoms with Crippen LogP contribution in [-0.2, 0) is 15.7 Å².